The van der Waals surface area contributed by atoms with Crippen LogP contribution in [0, 0.1) is 0 Å². The van der Waals surface area contributed by atoms with Gasteiger partial charge in [-0.15, -0.1) is 0 Å². The van der Waals surface area contributed by atoms with Crippen LogP contribution in [0.4, 0.5) is 0 Å². The molecule has 1 aromatic rings. The number of hydrogen-bond donors (Lipinski definition) is 1. The van der Waals surface area contributed by atoms with E-state index in [4.69, 9.17) is 5.73 Å². The Morgan fingerprint density at radius 2 is 2.50 bits per heavy atom. The normalized spacial score (nSPS) is 11.6. The summed E-state index contributed by atoms with van der Waals surface area (Å²) < 4.78 is 0. The molecular weight excluding hydrogens is 152 g/mol. The molecule has 0 fully saturated rings. The van der Waals surface area contributed by atoms with Gasteiger partial charge in [0.25, 0.3) is 0 Å². The third-order valence-corrected chi connectivity index (χ3v) is 1.35. The predicted molar refractivity (Wildman–Crippen MR) is 47.9 cm³/mol. The smallest absolute Gasteiger partial charge is 0.144 e. The number of aliphatic imine (C=N–C) groups is 1. The van der Waals surface area contributed by atoms with Crippen LogP contribution in [-0.2, 0) is 0 Å². The van der Waals surface area contributed by atoms with Crippen LogP contribution < -0.4 is 5.73 Å². The van der Waals surface area contributed by atoms with Gasteiger partial charge in [-0.3, -0.25) is 4.99 Å². The van der Waals surface area contributed by atoms with Crippen LogP contribution in [0.5, 0.6) is 0 Å². The summed E-state index contributed by atoms with van der Waals surface area (Å²) in [5.74, 6) is 0.485. The third-order valence-electron chi connectivity index (χ3n) is 1.35. The van der Waals surface area contributed by atoms with Crippen molar-refractivity contribution in [3.63, 3.8) is 0 Å². The maximum absolute atomic E-state index is 5.64. The highest BCUT2D eigenvalue weighted by atomic mass is 14.9. The average Bonchev–Trinajstić information content (AvgIpc) is 2.15. The third kappa shape index (κ3) is 2.30. The molecule has 0 atom stereocenters. The van der Waals surface area contributed by atoms with Crippen LogP contribution in [0.1, 0.15) is 19.0 Å². The molecular formula is C8H12N4. The number of aromatic nitrogens is 2. The summed E-state index contributed by atoms with van der Waals surface area (Å²) in [6.45, 7) is 2.80. The Kier molecular flexibility index (Phi) is 3.19. The molecule has 2 N–H and O–H groups in total. The molecule has 0 spiro atoms. The second kappa shape index (κ2) is 4.43. The SMILES string of the molecule is CCCN=C(N)c1ccncn1. The highest BCUT2D eigenvalue weighted by Crippen LogP contribution is 1.90. The maximum atomic E-state index is 5.64. The second-order valence-corrected chi connectivity index (χ2v) is 2.36. The minimum Gasteiger partial charge on any atom is -0.382 e. The van der Waals surface area contributed by atoms with E-state index in [0.29, 0.717) is 11.5 Å². The van der Waals surface area contributed by atoms with Crippen LogP contribution in [0.3, 0.4) is 0 Å². The van der Waals surface area contributed by atoms with Crippen LogP contribution in [0.15, 0.2) is 23.6 Å². The van der Waals surface area contributed by atoms with E-state index in [-0.39, 0.29) is 0 Å². The fourth-order valence-corrected chi connectivity index (χ4v) is 0.755. The van der Waals surface area contributed by atoms with Crippen LogP contribution in [0.25, 0.3) is 0 Å². The van der Waals surface area contributed by atoms with E-state index in [1.54, 1.807) is 12.3 Å². The Morgan fingerprint density at radius 1 is 1.67 bits per heavy atom. The van der Waals surface area contributed by atoms with Crippen molar-refractivity contribution >= 4 is 5.84 Å². The summed E-state index contributed by atoms with van der Waals surface area (Å²) in [5, 5.41) is 0. The van der Waals surface area contributed by atoms with E-state index in [1.165, 1.54) is 6.33 Å². The molecule has 4 heteroatoms. The lowest BCUT2D eigenvalue weighted by molar-refractivity contribution is 0.928. The molecule has 12 heavy (non-hydrogen) atoms. The van der Waals surface area contributed by atoms with Crippen molar-refractivity contribution in [1.29, 1.82) is 0 Å². The Bertz CT molecular complexity index is 255. The molecule has 0 amide bonds. The van der Waals surface area contributed by atoms with Crippen LogP contribution in [-0.4, -0.2) is 22.3 Å². The fourth-order valence-electron chi connectivity index (χ4n) is 0.755. The molecule has 0 aliphatic heterocycles. The summed E-state index contributed by atoms with van der Waals surface area (Å²) in [6, 6.07) is 1.74. The number of hydrogen-bond acceptors (Lipinski definition) is 3. The average molecular weight is 164 g/mol. The first-order valence-electron chi connectivity index (χ1n) is 3.91. The zero-order chi connectivity index (χ0) is 8.81. The van der Waals surface area contributed by atoms with Crippen molar-refractivity contribution in [2.24, 2.45) is 10.7 Å². The standard InChI is InChI=1S/C8H12N4/c1-2-4-11-8(9)7-3-5-10-6-12-7/h3,5-6H,2,4H2,1H3,(H2,9,11). The van der Waals surface area contributed by atoms with Gasteiger partial charge in [0, 0.05) is 12.7 Å². The minimum absolute atomic E-state index is 0.485. The molecule has 0 saturated heterocycles. The molecule has 0 unspecified atom stereocenters. The summed E-state index contributed by atoms with van der Waals surface area (Å²) >= 11 is 0. The van der Waals surface area contributed by atoms with Crippen molar-refractivity contribution in [2.75, 3.05) is 6.54 Å². The summed E-state index contributed by atoms with van der Waals surface area (Å²) in [4.78, 5) is 11.9. The molecule has 1 heterocycles. The molecule has 0 radical (unpaired) electrons. The largest absolute Gasteiger partial charge is 0.382 e. The minimum atomic E-state index is 0.485. The molecule has 4 nitrogen and oxygen atoms in total. The molecule has 0 aromatic carbocycles. The maximum Gasteiger partial charge on any atom is 0.144 e. The zero-order valence-corrected chi connectivity index (χ0v) is 7.07. The van der Waals surface area contributed by atoms with E-state index in [1.807, 2.05) is 0 Å². The van der Waals surface area contributed by atoms with E-state index >= 15 is 0 Å². The van der Waals surface area contributed by atoms with Crippen molar-refractivity contribution in [3.05, 3.63) is 24.3 Å². The quantitative estimate of drug-likeness (QED) is 0.525. The van der Waals surface area contributed by atoms with E-state index < -0.39 is 0 Å². The van der Waals surface area contributed by atoms with Gasteiger partial charge in [0.2, 0.25) is 0 Å². The molecule has 0 aliphatic carbocycles. The Morgan fingerprint density at radius 3 is 3.08 bits per heavy atom. The summed E-state index contributed by atoms with van der Waals surface area (Å²) in [6.07, 6.45) is 4.10. The molecule has 64 valence electrons. The van der Waals surface area contributed by atoms with Gasteiger partial charge < -0.3 is 5.73 Å². The number of nitrogens with two attached hydrogens (primary N) is 1. The topological polar surface area (TPSA) is 64.2 Å². The van der Waals surface area contributed by atoms with E-state index in [9.17, 15) is 0 Å². The Balaban J connectivity index is 2.71. The van der Waals surface area contributed by atoms with Gasteiger partial charge in [0.05, 0.1) is 0 Å². The molecule has 0 bridgehead atoms. The van der Waals surface area contributed by atoms with Gasteiger partial charge in [-0.25, -0.2) is 9.97 Å². The summed E-state index contributed by atoms with van der Waals surface area (Å²) in [7, 11) is 0. The van der Waals surface area contributed by atoms with Crippen LogP contribution in [0.2, 0.25) is 0 Å². The van der Waals surface area contributed by atoms with Gasteiger partial charge in [0.1, 0.15) is 17.9 Å². The lowest BCUT2D eigenvalue weighted by atomic mass is 10.4. The Hall–Kier alpha value is -1.45. The lowest BCUT2D eigenvalue weighted by Gasteiger charge is -1.97. The number of nitrogens with zero attached hydrogens (tertiary/aromatic N) is 3. The van der Waals surface area contributed by atoms with Crippen LogP contribution >= 0.6 is 0 Å². The van der Waals surface area contributed by atoms with E-state index in [0.717, 1.165) is 13.0 Å². The fraction of sp³-hybridized carbons (Fsp3) is 0.375. The van der Waals surface area contributed by atoms with Crippen molar-refractivity contribution < 1.29 is 0 Å². The highest BCUT2D eigenvalue weighted by Gasteiger charge is 1.96. The highest BCUT2D eigenvalue weighted by molar-refractivity contribution is 5.95. The first kappa shape index (κ1) is 8.64. The molecule has 0 aliphatic rings. The Labute approximate surface area is 71.6 Å². The van der Waals surface area contributed by atoms with Gasteiger partial charge in [-0.2, -0.15) is 0 Å². The zero-order valence-electron chi connectivity index (χ0n) is 7.07. The predicted octanol–water partition coefficient (Wildman–Crippen LogP) is 0.592. The first-order valence-corrected chi connectivity index (χ1v) is 3.91. The van der Waals surface area contributed by atoms with E-state index in [2.05, 4.69) is 21.9 Å². The molecule has 1 aromatic heterocycles. The molecule has 1 rings (SSSR count). The van der Waals surface area contributed by atoms with Crippen molar-refractivity contribution in [1.82, 2.24) is 9.97 Å². The van der Waals surface area contributed by atoms with Gasteiger partial charge in [0.15, 0.2) is 0 Å². The molecule has 0 saturated carbocycles. The first-order chi connectivity index (χ1) is 5.84. The second-order valence-electron chi connectivity index (χ2n) is 2.36. The number of rotatable bonds is 3. The lowest BCUT2D eigenvalue weighted by Crippen LogP contribution is -2.15. The summed E-state index contributed by atoms with van der Waals surface area (Å²) in [5.41, 5.74) is 6.33. The number of amidine groups is 1. The van der Waals surface area contributed by atoms with Crippen molar-refractivity contribution in [3.8, 4) is 0 Å². The van der Waals surface area contributed by atoms with Gasteiger partial charge >= 0.3 is 0 Å². The van der Waals surface area contributed by atoms with Gasteiger partial charge in [-0.05, 0) is 12.5 Å². The monoisotopic (exact) mass is 164 g/mol. The van der Waals surface area contributed by atoms with Crippen molar-refractivity contribution in [2.45, 2.75) is 13.3 Å². The van der Waals surface area contributed by atoms with Gasteiger partial charge in [-0.1, -0.05) is 6.92 Å².